The van der Waals surface area contributed by atoms with Gasteiger partial charge in [-0.1, -0.05) is 36.4 Å². The molecule has 122 valence electrons. The first-order valence-corrected chi connectivity index (χ1v) is 8.01. The lowest BCUT2D eigenvalue weighted by Crippen LogP contribution is -2.07. The van der Waals surface area contributed by atoms with E-state index >= 15 is 0 Å². The molecular formula is C21H17N3O. The minimum Gasteiger partial charge on any atom is -0.491 e. The molecule has 0 unspecified atom stereocenters. The van der Waals surface area contributed by atoms with Crippen molar-refractivity contribution in [2.75, 3.05) is 6.61 Å². The minimum atomic E-state index is 0.0964. The summed E-state index contributed by atoms with van der Waals surface area (Å²) in [6.45, 7) is 3.24. The summed E-state index contributed by atoms with van der Waals surface area (Å²) >= 11 is 0. The molecule has 4 heteroatoms. The van der Waals surface area contributed by atoms with E-state index in [1.54, 1.807) is 6.08 Å². The second kappa shape index (κ2) is 7.38. The number of benzene rings is 2. The van der Waals surface area contributed by atoms with E-state index in [4.69, 9.17) is 15.3 Å². The van der Waals surface area contributed by atoms with Crippen LogP contribution in [0.2, 0.25) is 0 Å². The summed E-state index contributed by atoms with van der Waals surface area (Å²) in [5.41, 5.74) is 3.12. The highest BCUT2D eigenvalue weighted by Gasteiger charge is 2.08. The van der Waals surface area contributed by atoms with E-state index in [9.17, 15) is 0 Å². The molecule has 1 aromatic heterocycles. The van der Waals surface area contributed by atoms with Gasteiger partial charge in [-0.3, -0.25) is 0 Å². The van der Waals surface area contributed by atoms with Gasteiger partial charge < -0.3 is 9.30 Å². The van der Waals surface area contributed by atoms with Gasteiger partial charge in [0.05, 0.1) is 6.54 Å². The average Bonchev–Trinajstić information content (AvgIpc) is 2.99. The molecule has 3 aromatic rings. The first-order chi connectivity index (χ1) is 12.2. The van der Waals surface area contributed by atoms with Gasteiger partial charge in [-0.2, -0.15) is 10.5 Å². The van der Waals surface area contributed by atoms with Crippen LogP contribution in [0.5, 0.6) is 5.75 Å². The Morgan fingerprint density at radius 3 is 2.56 bits per heavy atom. The second-order valence-corrected chi connectivity index (χ2v) is 5.69. The molecule has 0 spiro atoms. The molecule has 25 heavy (non-hydrogen) atoms. The summed E-state index contributed by atoms with van der Waals surface area (Å²) < 4.78 is 7.97. The van der Waals surface area contributed by atoms with Gasteiger partial charge in [0.15, 0.2) is 0 Å². The zero-order valence-corrected chi connectivity index (χ0v) is 13.9. The summed E-state index contributed by atoms with van der Waals surface area (Å²) in [4.78, 5) is 0. The second-order valence-electron chi connectivity index (χ2n) is 5.69. The van der Waals surface area contributed by atoms with E-state index in [0.29, 0.717) is 13.2 Å². The van der Waals surface area contributed by atoms with Crippen LogP contribution in [0.25, 0.3) is 17.0 Å². The van der Waals surface area contributed by atoms with Gasteiger partial charge in [-0.15, -0.1) is 0 Å². The number of nitriles is 2. The van der Waals surface area contributed by atoms with Crippen molar-refractivity contribution in [2.45, 2.75) is 13.5 Å². The number of aromatic nitrogens is 1. The number of allylic oxidation sites excluding steroid dienone is 1. The van der Waals surface area contributed by atoms with Crippen LogP contribution in [0.3, 0.4) is 0 Å². The molecule has 0 N–H and O–H groups in total. The maximum Gasteiger partial charge on any atom is 0.130 e. The predicted octanol–water partition coefficient (Wildman–Crippen LogP) is 4.46. The maximum atomic E-state index is 8.99. The smallest absolute Gasteiger partial charge is 0.130 e. The van der Waals surface area contributed by atoms with Gasteiger partial charge in [-0.25, -0.2) is 0 Å². The van der Waals surface area contributed by atoms with E-state index < -0.39 is 0 Å². The van der Waals surface area contributed by atoms with E-state index in [1.807, 2.05) is 73.8 Å². The molecule has 0 aliphatic heterocycles. The number of rotatable bonds is 5. The van der Waals surface area contributed by atoms with E-state index in [1.165, 1.54) is 0 Å². The first kappa shape index (κ1) is 16.4. The average molecular weight is 327 g/mol. The van der Waals surface area contributed by atoms with Crippen LogP contribution in [-0.2, 0) is 6.54 Å². The third-order valence-corrected chi connectivity index (χ3v) is 4.04. The van der Waals surface area contributed by atoms with Crippen LogP contribution >= 0.6 is 0 Å². The van der Waals surface area contributed by atoms with Crippen LogP contribution < -0.4 is 4.74 Å². The third kappa shape index (κ3) is 3.54. The lowest BCUT2D eigenvalue weighted by molar-refractivity contribution is 0.298. The summed E-state index contributed by atoms with van der Waals surface area (Å²) in [5.74, 6) is 0.885. The van der Waals surface area contributed by atoms with E-state index in [0.717, 1.165) is 27.8 Å². The van der Waals surface area contributed by atoms with Crippen LogP contribution in [0.4, 0.5) is 0 Å². The fraction of sp³-hybridized carbons (Fsp3) is 0.143. The molecule has 0 fully saturated rings. The lowest BCUT2D eigenvalue weighted by atomic mass is 10.1. The standard InChI is InChI=1S/C21H17N3O/c1-16-6-2-5-9-21(16)25-11-10-24-15-18(12-17(13-22)14-23)19-7-3-4-8-20(19)24/h2-9,12,15H,10-11H2,1H3. The van der Waals surface area contributed by atoms with Gasteiger partial charge in [0, 0.05) is 22.7 Å². The van der Waals surface area contributed by atoms with Crippen LogP contribution in [0.1, 0.15) is 11.1 Å². The number of nitrogens with zero attached hydrogens (tertiary/aromatic N) is 3. The van der Waals surface area contributed by atoms with Crippen molar-refractivity contribution in [3.8, 4) is 17.9 Å². The van der Waals surface area contributed by atoms with Gasteiger partial charge in [-0.05, 0) is 30.7 Å². The van der Waals surface area contributed by atoms with Gasteiger partial charge in [0.2, 0.25) is 0 Å². The Balaban J connectivity index is 1.85. The van der Waals surface area contributed by atoms with Crippen LogP contribution in [0, 0.1) is 29.6 Å². The van der Waals surface area contributed by atoms with E-state index in [-0.39, 0.29) is 5.57 Å². The van der Waals surface area contributed by atoms with E-state index in [2.05, 4.69) is 4.57 Å². The van der Waals surface area contributed by atoms with Crippen molar-refractivity contribution in [2.24, 2.45) is 0 Å². The number of fused-ring (bicyclic) bond motifs is 1. The summed E-state index contributed by atoms with van der Waals surface area (Å²) in [5, 5.41) is 19.0. The molecule has 0 radical (unpaired) electrons. The van der Waals surface area contributed by atoms with Gasteiger partial charge in [0.1, 0.15) is 30.1 Å². The Morgan fingerprint density at radius 1 is 1.08 bits per heavy atom. The molecule has 1 heterocycles. The number of hydrogen-bond acceptors (Lipinski definition) is 3. The molecule has 0 amide bonds. The lowest BCUT2D eigenvalue weighted by Gasteiger charge is -2.10. The summed E-state index contributed by atoms with van der Waals surface area (Å²) in [6.07, 6.45) is 3.58. The topological polar surface area (TPSA) is 61.7 Å². The number of hydrogen-bond donors (Lipinski definition) is 0. The molecule has 2 aromatic carbocycles. The minimum absolute atomic E-state index is 0.0964. The van der Waals surface area contributed by atoms with Crippen molar-refractivity contribution in [3.63, 3.8) is 0 Å². The van der Waals surface area contributed by atoms with Crippen molar-refractivity contribution >= 4 is 17.0 Å². The fourth-order valence-corrected chi connectivity index (χ4v) is 2.79. The van der Waals surface area contributed by atoms with Gasteiger partial charge in [0.25, 0.3) is 0 Å². The Hall–Kier alpha value is -3.50. The Kier molecular flexibility index (Phi) is 4.83. The zero-order chi connectivity index (χ0) is 17.6. The molecule has 0 atom stereocenters. The van der Waals surface area contributed by atoms with Crippen LogP contribution in [0.15, 0.2) is 60.3 Å². The molecule has 0 saturated carbocycles. The number of ether oxygens (including phenoxy) is 1. The highest BCUT2D eigenvalue weighted by atomic mass is 16.5. The summed E-state index contributed by atoms with van der Waals surface area (Å²) in [6, 6.07) is 19.7. The largest absolute Gasteiger partial charge is 0.491 e. The quantitative estimate of drug-likeness (QED) is 0.650. The Labute approximate surface area is 146 Å². The van der Waals surface area contributed by atoms with Crippen molar-refractivity contribution in [1.82, 2.24) is 4.57 Å². The molecule has 3 rings (SSSR count). The molecule has 0 bridgehead atoms. The summed E-state index contributed by atoms with van der Waals surface area (Å²) in [7, 11) is 0. The third-order valence-electron chi connectivity index (χ3n) is 4.04. The first-order valence-electron chi connectivity index (χ1n) is 8.01. The zero-order valence-electron chi connectivity index (χ0n) is 13.9. The van der Waals surface area contributed by atoms with Crippen LogP contribution in [-0.4, -0.2) is 11.2 Å². The monoisotopic (exact) mass is 327 g/mol. The molecule has 4 nitrogen and oxygen atoms in total. The normalized spacial score (nSPS) is 10.0. The number of para-hydroxylation sites is 2. The molecule has 0 aliphatic rings. The highest BCUT2D eigenvalue weighted by molar-refractivity contribution is 5.90. The number of aryl methyl sites for hydroxylation is 1. The molecule has 0 saturated heterocycles. The fourth-order valence-electron chi connectivity index (χ4n) is 2.79. The SMILES string of the molecule is Cc1ccccc1OCCn1cc(C=C(C#N)C#N)c2ccccc21. The van der Waals surface area contributed by atoms with Crippen molar-refractivity contribution in [1.29, 1.82) is 10.5 Å². The highest BCUT2D eigenvalue weighted by Crippen LogP contribution is 2.24. The Bertz CT molecular complexity index is 1000. The predicted molar refractivity (Wildman–Crippen MR) is 97.8 cm³/mol. The van der Waals surface area contributed by atoms with Gasteiger partial charge >= 0.3 is 0 Å². The molecular weight excluding hydrogens is 310 g/mol. The maximum absolute atomic E-state index is 8.99. The van der Waals surface area contributed by atoms with Crippen molar-refractivity contribution < 1.29 is 4.74 Å². The Morgan fingerprint density at radius 2 is 1.80 bits per heavy atom. The molecule has 0 aliphatic carbocycles. The van der Waals surface area contributed by atoms with Crippen molar-refractivity contribution in [3.05, 3.63) is 71.4 Å².